The third kappa shape index (κ3) is 4.20. The minimum Gasteiger partial charge on any atom is -0.481 e. The summed E-state index contributed by atoms with van der Waals surface area (Å²) >= 11 is 5.72. The maximum atomic E-state index is 12.0. The van der Waals surface area contributed by atoms with Gasteiger partial charge in [-0.15, -0.1) is 0 Å². The van der Waals surface area contributed by atoms with Crippen molar-refractivity contribution in [2.24, 2.45) is 0 Å². The molecule has 0 saturated heterocycles. The van der Waals surface area contributed by atoms with E-state index in [-0.39, 0.29) is 22.7 Å². The Kier molecular flexibility index (Phi) is 5.45. The number of carboxylic acids is 1. The second-order valence-corrected chi connectivity index (χ2v) is 4.53. The number of hydrogen-bond donors (Lipinski definition) is 2. The summed E-state index contributed by atoms with van der Waals surface area (Å²) in [7, 11) is 0. The highest BCUT2D eigenvalue weighted by atomic mass is 35.5. The molecule has 2 N–H and O–H groups in total. The molecule has 0 aromatic heterocycles. The number of amides is 1. The fraction of sp³-hybridized carbons (Fsp3) is 0.333. The lowest BCUT2D eigenvalue weighted by molar-refractivity contribution is -0.385. The highest BCUT2D eigenvalue weighted by molar-refractivity contribution is 6.31. The lowest BCUT2D eigenvalue weighted by Gasteiger charge is -2.14. The highest BCUT2D eigenvalue weighted by Gasteiger charge is 2.23. The number of carbonyl (C=O) groups is 2. The number of benzene rings is 1. The van der Waals surface area contributed by atoms with E-state index in [0.29, 0.717) is 6.42 Å². The SMILES string of the molecule is CCC(CC(=O)O)NC(=O)c1cc(Cl)ccc1[N+](=O)[O-]. The van der Waals surface area contributed by atoms with Gasteiger partial charge in [-0.1, -0.05) is 18.5 Å². The molecule has 20 heavy (non-hydrogen) atoms. The van der Waals surface area contributed by atoms with Crippen LogP contribution in [0.25, 0.3) is 0 Å². The summed E-state index contributed by atoms with van der Waals surface area (Å²) in [6.07, 6.45) is 0.142. The van der Waals surface area contributed by atoms with Crippen molar-refractivity contribution in [2.75, 3.05) is 0 Å². The lowest BCUT2D eigenvalue weighted by Crippen LogP contribution is -2.36. The zero-order valence-corrected chi connectivity index (χ0v) is 11.4. The molecule has 1 aromatic carbocycles. The standard InChI is InChI=1S/C12H13ClN2O5/c1-2-8(6-11(16)17)14-12(18)9-5-7(13)3-4-10(9)15(19)20/h3-5,8H,2,6H2,1H3,(H,14,18)(H,16,17). The fourth-order valence-corrected chi connectivity index (χ4v) is 1.79. The first kappa shape index (κ1) is 15.9. The molecular weight excluding hydrogens is 288 g/mol. The van der Waals surface area contributed by atoms with Crippen LogP contribution in [0.1, 0.15) is 30.1 Å². The molecule has 108 valence electrons. The molecule has 1 amide bonds. The molecule has 0 aliphatic carbocycles. The van der Waals surface area contributed by atoms with Crippen molar-refractivity contribution in [1.82, 2.24) is 5.32 Å². The van der Waals surface area contributed by atoms with E-state index in [1.165, 1.54) is 12.1 Å². The van der Waals surface area contributed by atoms with Gasteiger partial charge in [0.05, 0.1) is 11.3 Å². The Morgan fingerprint density at radius 3 is 2.65 bits per heavy atom. The van der Waals surface area contributed by atoms with Gasteiger partial charge in [0.2, 0.25) is 0 Å². The highest BCUT2D eigenvalue weighted by Crippen LogP contribution is 2.22. The Balaban J connectivity index is 2.99. The molecule has 1 atom stereocenters. The molecule has 0 fully saturated rings. The van der Waals surface area contributed by atoms with Crippen LogP contribution in [0.2, 0.25) is 5.02 Å². The second-order valence-electron chi connectivity index (χ2n) is 4.10. The molecule has 1 aromatic rings. The van der Waals surface area contributed by atoms with Gasteiger partial charge in [0.15, 0.2) is 0 Å². The summed E-state index contributed by atoms with van der Waals surface area (Å²) in [5, 5.41) is 22.2. The number of nitro groups is 1. The Hall–Kier alpha value is -2.15. The van der Waals surface area contributed by atoms with Gasteiger partial charge in [-0.05, 0) is 18.6 Å². The van der Waals surface area contributed by atoms with Crippen molar-refractivity contribution in [3.05, 3.63) is 38.9 Å². The van der Waals surface area contributed by atoms with Gasteiger partial charge in [0, 0.05) is 17.1 Å². The average Bonchev–Trinajstić information content (AvgIpc) is 2.36. The van der Waals surface area contributed by atoms with E-state index in [4.69, 9.17) is 16.7 Å². The molecule has 8 heteroatoms. The number of carbonyl (C=O) groups excluding carboxylic acids is 1. The predicted octanol–water partition coefficient (Wildman–Crippen LogP) is 2.23. The van der Waals surface area contributed by atoms with Crippen LogP contribution < -0.4 is 5.32 Å². The zero-order valence-electron chi connectivity index (χ0n) is 10.6. The molecule has 0 saturated carbocycles. The molecule has 1 rings (SSSR count). The molecule has 0 heterocycles. The van der Waals surface area contributed by atoms with Crippen molar-refractivity contribution in [3.8, 4) is 0 Å². The number of rotatable bonds is 6. The van der Waals surface area contributed by atoms with Crippen LogP contribution in [0, 0.1) is 10.1 Å². The Labute approximate surface area is 119 Å². The van der Waals surface area contributed by atoms with Crippen LogP contribution in [0.4, 0.5) is 5.69 Å². The van der Waals surface area contributed by atoms with E-state index in [1.54, 1.807) is 6.92 Å². The van der Waals surface area contributed by atoms with Crippen LogP contribution in [0.15, 0.2) is 18.2 Å². The first-order valence-electron chi connectivity index (χ1n) is 5.81. The van der Waals surface area contributed by atoms with E-state index in [9.17, 15) is 19.7 Å². The number of aliphatic carboxylic acids is 1. The summed E-state index contributed by atoms with van der Waals surface area (Å²) in [4.78, 5) is 32.8. The quantitative estimate of drug-likeness (QED) is 0.618. The lowest BCUT2D eigenvalue weighted by atomic mass is 10.1. The maximum absolute atomic E-state index is 12.0. The summed E-state index contributed by atoms with van der Waals surface area (Å²) in [5.41, 5.74) is -0.566. The van der Waals surface area contributed by atoms with Gasteiger partial charge in [-0.2, -0.15) is 0 Å². The molecule has 0 spiro atoms. The summed E-state index contributed by atoms with van der Waals surface area (Å²) in [5.74, 6) is -1.77. The van der Waals surface area contributed by atoms with Crippen molar-refractivity contribution in [2.45, 2.75) is 25.8 Å². The molecule has 0 aliphatic rings. The third-order valence-corrected chi connectivity index (χ3v) is 2.88. The van der Waals surface area contributed by atoms with Crippen molar-refractivity contribution in [1.29, 1.82) is 0 Å². The summed E-state index contributed by atoms with van der Waals surface area (Å²) in [6.45, 7) is 1.71. The minimum absolute atomic E-state index is 0.187. The van der Waals surface area contributed by atoms with Crippen LogP contribution in [-0.4, -0.2) is 27.9 Å². The van der Waals surface area contributed by atoms with Crippen molar-refractivity contribution in [3.63, 3.8) is 0 Å². The Bertz CT molecular complexity index is 547. The van der Waals surface area contributed by atoms with Crippen molar-refractivity contribution >= 4 is 29.2 Å². The molecular formula is C12H13ClN2O5. The number of carboxylic acid groups (broad SMARTS) is 1. The topological polar surface area (TPSA) is 110 Å². The molecule has 0 radical (unpaired) electrons. The first-order valence-corrected chi connectivity index (χ1v) is 6.19. The van der Waals surface area contributed by atoms with Crippen LogP contribution in [0.3, 0.4) is 0 Å². The van der Waals surface area contributed by atoms with Gasteiger partial charge >= 0.3 is 5.97 Å². The fourth-order valence-electron chi connectivity index (χ4n) is 1.62. The smallest absolute Gasteiger partial charge is 0.305 e. The zero-order chi connectivity index (χ0) is 15.3. The maximum Gasteiger partial charge on any atom is 0.305 e. The van der Waals surface area contributed by atoms with Crippen LogP contribution >= 0.6 is 11.6 Å². The molecule has 0 aliphatic heterocycles. The number of hydrogen-bond acceptors (Lipinski definition) is 4. The van der Waals surface area contributed by atoms with Gasteiger partial charge < -0.3 is 10.4 Å². The minimum atomic E-state index is -1.06. The normalized spacial score (nSPS) is 11.7. The number of nitro benzene ring substituents is 1. The van der Waals surface area contributed by atoms with E-state index < -0.39 is 22.8 Å². The van der Waals surface area contributed by atoms with Crippen molar-refractivity contribution < 1.29 is 19.6 Å². The van der Waals surface area contributed by atoms with E-state index >= 15 is 0 Å². The van der Waals surface area contributed by atoms with Gasteiger partial charge in [0.1, 0.15) is 5.56 Å². The Morgan fingerprint density at radius 2 is 2.15 bits per heavy atom. The second kappa shape index (κ2) is 6.85. The number of halogens is 1. The van der Waals surface area contributed by atoms with Gasteiger partial charge in [0.25, 0.3) is 11.6 Å². The first-order chi connectivity index (χ1) is 9.35. The predicted molar refractivity (Wildman–Crippen MR) is 71.9 cm³/mol. The van der Waals surface area contributed by atoms with E-state index in [1.807, 2.05) is 0 Å². The molecule has 1 unspecified atom stereocenters. The Morgan fingerprint density at radius 1 is 1.50 bits per heavy atom. The number of nitrogens with one attached hydrogen (secondary N) is 1. The average molecular weight is 301 g/mol. The summed E-state index contributed by atoms with van der Waals surface area (Å²) < 4.78 is 0. The van der Waals surface area contributed by atoms with Crippen LogP contribution in [0.5, 0.6) is 0 Å². The number of nitrogens with zero attached hydrogens (tertiary/aromatic N) is 1. The third-order valence-electron chi connectivity index (χ3n) is 2.65. The largest absolute Gasteiger partial charge is 0.481 e. The molecule has 0 bridgehead atoms. The monoisotopic (exact) mass is 300 g/mol. The summed E-state index contributed by atoms with van der Waals surface area (Å²) in [6, 6.07) is 3.03. The van der Waals surface area contributed by atoms with E-state index in [0.717, 1.165) is 6.07 Å². The van der Waals surface area contributed by atoms with Crippen LogP contribution in [-0.2, 0) is 4.79 Å². The van der Waals surface area contributed by atoms with Gasteiger partial charge in [-0.3, -0.25) is 19.7 Å². The van der Waals surface area contributed by atoms with Gasteiger partial charge in [-0.25, -0.2) is 0 Å². The molecule has 7 nitrogen and oxygen atoms in total. The van der Waals surface area contributed by atoms with E-state index in [2.05, 4.69) is 5.32 Å².